The van der Waals surface area contributed by atoms with Gasteiger partial charge in [0.05, 0.1) is 11.4 Å². The van der Waals surface area contributed by atoms with E-state index in [0.29, 0.717) is 6.42 Å². The summed E-state index contributed by atoms with van der Waals surface area (Å²) < 4.78 is 1.84. The Labute approximate surface area is 124 Å². The van der Waals surface area contributed by atoms with Crippen molar-refractivity contribution in [1.29, 1.82) is 0 Å². The predicted octanol–water partition coefficient (Wildman–Crippen LogP) is 2.81. The minimum Gasteiger partial charge on any atom is -0.386 e. The molecule has 0 saturated heterocycles. The van der Waals surface area contributed by atoms with Gasteiger partial charge in [0.15, 0.2) is 0 Å². The zero-order valence-electron chi connectivity index (χ0n) is 12.3. The molecule has 3 aromatic rings. The lowest BCUT2D eigenvalue weighted by atomic mass is 10.0. The normalized spacial score (nSPS) is 12.7. The highest BCUT2D eigenvalue weighted by Gasteiger charge is 2.16. The average molecular weight is 281 g/mol. The fourth-order valence-corrected chi connectivity index (χ4v) is 2.64. The number of pyridine rings is 1. The zero-order chi connectivity index (χ0) is 14.8. The second-order valence-corrected chi connectivity index (χ2v) is 5.24. The Morgan fingerprint density at radius 1 is 1.24 bits per heavy atom. The van der Waals surface area contributed by atoms with Crippen molar-refractivity contribution in [2.45, 2.75) is 25.9 Å². The van der Waals surface area contributed by atoms with Crippen molar-refractivity contribution in [2.75, 3.05) is 0 Å². The third-order valence-electron chi connectivity index (χ3n) is 3.81. The quantitative estimate of drug-likeness (QED) is 0.800. The molecule has 0 fully saturated rings. The molecule has 3 rings (SSSR count). The van der Waals surface area contributed by atoms with E-state index in [0.717, 1.165) is 34.3 Å². The molecule has 1 N–H and O–H groups in total. The van der Waals surface area contributed by atoms with E-state index < -0.39 is 6.10 Å². The van der Waals surface area contributed by atoms with Crippen LogP contribution in [0.3, 0.4) is 0 Å². The first-order valence-electron chi connectivity index (χ1n) is 7.22. The molecule has 0 aliphatic rings. The number of fused-ring (bicyclic) bond motifs is 1. The molecule has 0 radical (unpaired) electrons. The number of nitrogens with zero attached hydrogens (tertiary/aromatic N) is 3. The minimum absolute atomic E-state index is 0.518. The van der Waals surface area contributed by atoms with Crippen molar-refractivity contribution in [3.05, 3.63) is 59.7 Å². The van der Waals surface area contributed by atoms with Crippen molar-refractivity contribution in [1.82, 2.24) is 14.8 Å². The van der Waals surface area contributed by atoms with Gasteiger partial charge in [-0.2, -0.15) is 5.10 Å². The molecule has 0 bridgehead atoms. The van der Waals surface area contributed by atoms with Gasteiger partial charge in [0.1, 0.15) is 6.10 Å². The summed E-state index contributed by atoms with van der Waals surface area (Å²) in [7, 11) is 1.91. The van der Waals surface area contributed by atoms with Crippen molar-refractivity contribution in [3.63, 3.8) is 0 Å². The predicted molar refractivity (Wildman–Crippen MR) is 83.0 cm³/mol. The van der Waals surface area contributed by atoms with E-state index in [1.165, 1.54) is 0 Å². The number of aryl methyl sites for hydroxylation is 2. The van der Waals surface area contributed by atoms with Crippen LogP contribution in [0.2, 0.25) is 0 Å². The summed E-state index contributed by atoms with van der Waals surface area (Å²) in [6.07, 6.45) is 2.54. The molecule has 21 heavy (non-hydrogen) atoms. The highest BCUT2D eigenvalue weighted by molar-refractivity contribution is 5.84. The Morgan fingerprint density at radius 2 is 2.05 bits per heavy atom. The zero-order valence-corrected chi connectivity index (χ0v) is 12.3. The van der Waals surface area contributed by atoms with Crippen LogP contribution in [-0.2, 0) is 19.9 Å². The summed E-state index contributed by atoms with van der Waals surface area (Å²) in [4.78, 5) is 4.38. The Kier molecular flexibility index (Phi) is 3.71. The molecule has 4 heteroatoms. The smallest absolute Gasteiger partial charge is 0.102 e. The van der Waals surface area contributed by atoms with Crippen LogP contribution in [0.4, 0.5) is 0 Å². The maximum absolute atomic E-state index is 10.6. The first kappa shape index (κ1) is 13.8. The number of hydrogen-bond acceptors (Lipinski definition) is 3. The lowest BCUT2D eigenvalue weighted by Crippen LogP contribution is -2.08. The van der Waals surface area contributed by atoms with Crippen molar-refractivity contribution < 1.29 is 5.11 Å². The minimum atomic E-state index is -0.629. The van der Waals surface area contributed by atoms with Gasteiger partial charge < -0.3 is 5.11 Å². The van der Waals surface area contributed by atoms with Gasteiger partial charge >= 0.3 is 0 Å². The highest BCUT2D eigenvalue weighted by atomic mass is 16.3. The number of benzene rings is 1. The lowest BCUT2D eigenvalue weighted by molar-refractivity contribution is 0.172. The highest BCUT2D eigenvalue weighted by Crippen LogP contribution is 2.24. The van der Waals surface area contributed by atoms with Crippen LogP contribution in [0.15, 0.2) is 42.6 Å². The first-order valence-corrected chi connectivity index (χ1v) is 7.22. The van der Waals surface area contributed by atoms with Gasteiger partial charge in [0, 0.05) is 30.7 Å². The van der Waals surface area contributed by atoms with Gasteiger partial charge in [0.2, 0.25) is 0 Å². The van der Waals surface area contributed by atoms with Crippen LogP contribution in [0.1, 0.15) is 30.1 Å². The maximum atomic E-state index is 10.6. The fourth-order valence-electron chi connectivity index (χ4n) is 2.64. The standard InChI is InChI=1S/C17H19N3O/c1-3-13-10-14(20(2)19-13)11-16(21)17-15-7-5-4-6-12(15)8-9-18-17/h4-10,16,21H,3,11H2,1-2H3. The van der Waals surface area contributed by atoms with Gasteiger partial charge in [0.25, 0.3) is 0 Å². The van der Waals surface area contributed by atoms with E-state index in [2.05, 4.69) is 17.0 Å². The SMILES string of the molecule is CCc1cc(CC(O)c2nccc3ccccc23)n(C)n1. The van der Waals surface area contributed by atoms with Gasteiger partial charge in [-0.05, 0) is 23.9 Å². The number of rotatable bonds is 4. The lowest BCUT2D eigenvalue weighted by Gasteiger charge is -2.12. The molecular formula is C17H19N3O. The van der Waals surface area contributed by atoms with Crippen LogP contribution in [0, 0.1) is 0 Å². The second kappa shape index (κ2) is 5.66. The summed E-state index contributed by atoms with van der Waals surface area (Å²) >= 11 is 0. The molecule has 1 aromatic carbocycles. The third kappa shape index (κ3) is 2.67. The van der Waals surface area contributed by atoms with E-state index in [1.807, 2.05) is 48.1 Å². The third-order valence-corrected chi connectivity index (χ3v) is 3.81. The summed E-state index contributed by atoms with van der Waals surface area (Å²) in [5, 5.41) is 17.1. The molecule has 108 valence electrons. The van der Waals surface area contributed by atoms with Crippen LogP contribution in [0.25, 0.3) is 10.8 Å². The molecule has 0 amide bonds. The van der Waals surface area contributed by atoms with E-state index in [4.69, 9.17) is 0 Å². The number of aliphatic hydroxyl groups excluding tert-OH is 1. The summed E-state index contributed by atoms with van der Waals surface area (Å²) in [6, 6.07) is 12.0. The Bertz CT molecular complexity index is 758. The Hall–Kier alpha value is -2.20. The van der Waals surface area contributed by atoms with Crippen LogP contribution < -0.4 is 0 Å². The fraction of sp³-hybridized carbons (Fsp3) is 0.294. The van der Waals surface area contributed by atoms with Crippen molar-refractivity contribution in [3.8, 4) is 0 Å². The largest absolute Gasteiger partial charge is 0.386 e. The monoisotopic (exact) mass is 281 g/mol. The van der Waals surface area contributed by atoms with Gasteiger partial charge in [-0.25, -0.2) is 0 Å². The molecule has 4 nitrogen and oxygen atoms in total. The van der Waals surface area contributed by atoms with Crippen LogP contribution >= 0.6 is 0 Å². The molecular weight excluding hydrogens is 262 g/mol. The van der Waals surface area contributed by atoms with Gasteiger partial charge in [-0.3, -0.25) is 9.67 Å². The van der Waals surface area contributed by atoms with Crippen LogP contribution in [-0.4, -0.2) is 19.9 Å². The summed E-state index contributed by atoms with van der Waals surface area (Å²) in [5.74, 6) is 0. The molecule has 0 aliphatic heterocycles. The molecule has 0 spiro atoms. The number of aromatic nitrogens is 3. The van der Waals surface area contributed by atoms with Gasteiger partial charge in [-0.1, -0.05) is 31.2 Å². The summed E-state index contributed by atoms with van der Waals surface area (Å²) in [6.45, 7) is 2.08. The maximum Gasteiger partial charge on any atom is 0.102 e. The number of hydrogen-bond donors (Lipinski definition) is 1. The molecule has 1 unspecified atom stereocenters. The Morgan fingerprint density at radius 3 is 2.81 bits per heavy atom. The van der Waals surface area contributed by atoms with Crippen molar-refractivity contribution in [2.24, 2.45) is 7.05 Å². The molecule has 0 aliphatic carbocycles. The van der Waals surface area contributed by atoms with E-state index in [1.54, 1.807) is 6.20 Å². The number of aliphatic hydroxyl groups is 1. The molecule has 2 heterocycles. The van der Waals surface area contributed by atoms with Crippen LogP contribution in [0.5, 0.6) is 0 Å². The van der Waals surface area contributed by atoms with E-state index >= 15 is 0 Å². The average Bonchev–Trinajstić information content (AvgIpc) is 2.87. The molecule has 2 aromatic heterocycles. The Balaban J connectivity index is 1.93. The second-order valence-electron chi connectivity index (χ2n) is 5.24. The van der Waals surface area contributed by atoms with Crippen molar-refractivity contribution >= 4 is 10.8 Å². The topological polar surface area (TPSA) is 50.9 Å². The molecule has 0 saturated carbocycles. The summed E-state index contributed by atoms with van der Waals surface area (Å²) in [5.41, 5.74) is 2.80. The van der Waals surface area contributed by atoms with E-state index in [9.17, 15) is 5.11 Å². The van der Waals surface area contributed by atoms with E-state index in [-0.39, 0.29) is 0 Å². The molecule has 1 atom stereocenters. The first-order chi connectivity index (χ1) is 10.2. The van der Waals surface area contributed by atoms with Gasteiger partial charge in [-0.15, -0.1) is 0 Å².